The highest BCUT2D eigenvalue weighted by Gasteiger charge is 2.35. The number of para-hydroxylation sites is 1. The minimum Gasteiger partial charge on any atom is -0.368 e. The Labute approximate surface area is 187 Å². The van der Waals surface area contributed by atoms with Crippen LogP contribution in [0.4, 0.5) is 24.9 Å². The molecule has 0 fully saturated rings. The van der Waals surface area contributed by atoms with Gasteiger partial charge in [0, 0.05) is 17.6 Å². The Kier molecular flexibility index (Phi) is 5.80. The highest BCUT2D eigenvalue weighted by Crippen LogP contribution is 2.35. The van der Waals surface area contributed by atoms with Crippen LogP contribution in [-0.2, 0) is 12.6 Å². The molecule has 0 unspecified atom stereocenters. The molecule has 33 heavy (non-hydrogen) atoms. The summed E-state index contributed by atoms with van der Waals surface area (Å²) in [6, 6.07) is 15.7. The van der Waals surface area contributed by atoms with E-state index < -0.39 is 23.6 Å². The first-order valence-corrected chi connectivity index (χ1v) is 10.4. The zero-order chi connectivity index (χ0) is 23.8. The molecule has 2 heterocycles. The van der Waals surface area contributed by atoms with E-state index in [0.29, 0.717) is 34.8 Å². The summed E-state index contributed by atoms with van der Waals surface area (Å²) < 4.78 is 42.1. The number of nitrogens with zero attached hydrogens (tertiary/aromatic N) is 3. The lowest BCUT2D eigenvalue weighted by Gasteiger charge is -2.23. The van der Waals surface area contributed by atoms with Crippen molar-refractivity contribution in [3.05, 3.63) is 88.0 Å². The maximum absolute atomic E-state index is 13.7. The summed E-state index contributed by atoms with van der Waals surface area (Å²) in [5.41, 5.74) is 6.27. The second-order valence-corrected chi connectivity index (χ2v) is 7.63. The van der Waals surface area contributed by atoms with Gasteiger partial charge in [-0.2, -0.15) is 18.2 Å². The predicted octanol–water partition coefficient (Wildman–Crippen LogP) is 5.12. The summed E-state index contributed by atoms with van der Waals surface area (Å²) in [6.45, 7) is 3.64. The van der Waals surface area contributed by atoms with Gasteiger partial charge < -0.3 is 11.1 Å². The van der Waals surface area contributed by atoms with Crippen LogP contribution in [0.5, 0.6) is 0 Å². The van der Waals surface area contributed by atoms with Gasteiger partial charge in [-0.15, -0.1) is 0 Å². The van der Waals surface area contributed by atoms with Crippen molar-refractivity contribution in [2.45, 2.75) is 32.5 Å². The van der Waals surface area contributed by atoms with Crippen LogP contribution >= 0.6 is 0 Å². The van der Waals surface area contributed by atoms with Crippen LogP contribution in [0.25, 0.3) is 16.5 Å². The number of benzene rings is 2. The van der Waals surface area contributed by atoms with E-state index in [1.54, 1.807) is 31.2 Å². The maximum atomic E-state index is 13.7. The number of nitrogens with one attached hydrogen (secondary N) is 1. The number of aryl methyl sites for hydroxylation is 1. The number of halogens is 3. The van der Waals surface area contributed by atoms with Gasteiger partial charge in [0.2, 0.25) is 5.95 Å². The van der Waals surface area contributed by atoms with E-state index in [-0.39, 0.29) is 11.5 Å². The molecule has 0 saturated carbocycles. The van der Waals surface area contributed by atoms with Crippen LogP contribution in [0.1, 0.15) is 36.7 Å². The van der Waals surface area contributed by atoms with Crippen molar-refractivity contribution in [2.24, 2.45) is 0 Å². The molecule has 0 aliphatic rings. The van der Waals surface area contributed by atoms with Crippen molar-refractivity contribution in [2.75, 3.05) is 11.1 Å². The first-order valence-electron chi connectivity index (χ1n) is 10.4. The summed E-state index contributed by atoms with van der Waals surface area (Å²) in [5, 5.41) is 4.10. The van der Waals surface area contributed by atoms with E-state index in [2.05, 4.69) is 15.3 Å². The third-order valence-corrected chi connectivity index (χ3v) is 5.47. The van der Waals surface area contributed by atoms with Gasteiger partial charge in [0.1, 0.15) is 11.4 Å². The van der Waals surface area contributed by atoms with Crippen LogP contribution in [0.2, 0.25) is 0 Å². The third kappa shape index (κ3) is 4.26. The summed E-state index contributed by atoms with van der Waals surface area (Å²) in [7, 11) is 0. The molecule has 4 rings (SSSR count). The average molecular weight is 453 g/mol. The zero-order valence-electron chi connectivity index (χ0n) is 18.0. The molecule has 0 amide bonds. The fourth-order valence-corrected chi connectivity index (χ4v) is 3.90. The van der Waals surface area contributed by atoms with Crippen LogP contribution in [0, 0.1) is 0 Å². The van der Waals surface area contributed by atoms with Gasteiger partial charge in [-0.1, -0.05) is 43.3 Å². The summed E-state index contributed by atoms with van der Waals surface area (Å²) in [4.78, 5) is 20.9. The molecule has 2 aromatic carbocycles. The largest absolute Gasteiger partial charge is 0.421 e. The molecule has 0 saturated heterocycles. The second-order valence-electron chi connectivity index (χ2n) is 7.63. The number of hydrogen-bond acceptors (Lipinski definition) is 5. The molecule has 0 aliphatic carbocycles. The maximum Gasteiger partial charge on any atom is 0.421 e. The van der Waals surface area contributed by atoms with Crippen molar-refractivity contribution in [3.63, 3.8) is 0 Å². The second kappa shape index (κ2) is 8.57. The van der Waals surface area contributed by atoms with Gasteiger partial charge in [-0.25, -0.2) is 4.98 Å². The Morgan fingerprint density at radius 2 is 1.85 bits per heavy atom. The molecule has 4 aromatic rings. The van der Waals surface area contributed by atoms with E-state index in [9.17, 15) is 18.0 Å². The standard InChI is InChI=1S/C24H22F3N5O/c1-3-15-8-7-9-16-12-19(32(22(33)20(15)16)17-10-5-4-6-11-17)14(2)30-21-18(24(25,26)27)13-29-23(28)31-21/h4-14H,3H2,1-2H3,(H3,28,29,30,31)/t14-/m0/s1. The van der Waals surface area contributed by atoms with Gasteiger partial charge >= 0.3 is 6.18 Å². The Morgan fingerprint density at radius 1 is 1.12 bits per heavy atom. The number of pyridine rings is 1. The predicted molar refractivity (Wildman–Crippen MR) is 122 cm³/mol. The number of hydrogen-bond donors (Lipinski definition) is 2. The fourth-order valence-electron chi connectivity index (χ4n) is 3.90. The Balaban J connectivity index is 1.93. The first-order chi connectivity index (χ1) is 15.7. The molecule has 0 spiro atoms. The van der Waals surface area contributed by atoms with Crippen molar-refractivity contribution in [1.29, 1.82) is 0 Å². The minimum absolute atomic E-state index is 0.238. The first kappa shape index (κ1) is 22.3. The molecule has 0 radical (unpaired) electrons. The Morgan fingerprint density at radius 3 is 2.52 bits per heavy atom. The number of rotatable bonds is 5. The van der Waals surface area contributed by atoms with Gasteiger partial charge in [-0.3, -0.25) is 9.36 Å². The lowest BCUT2D eigenvalue weighted by atomic mass is 10.0. The smallest absolute Gasteiger partial charge is 0.368 e. The highest BCUT2D eigenvalue weighted by molar-refractivity contribution is 5.86. The lowest BCUT2D eigenvalue weighted by molar-refractivity contribution is -0.137. The molecular formula is C24H22F3N5O. The van der Waals surface area contributed by atoms with E-state index in [1.165, 1.54) is 4.57 Å². The molecule has 3 N–H and O–H groups in total. The molecular weight excluding hydrogens is 431 g/mol. The van der Waals surface area contributed by atoms with E-state index in [1.807, 2.05) is 37.3 Å². The van der Waals surface area contributed by atoms with Crippen LogP contribution in [0.3, 0.4) is 0 Å². The normalized spacial score (nSPS) is 12.6. The average Bonchev–Trinajstić information content (AvgIpc) is 2.78. The highest BCUT2D eigenvalue weighted by atomic mass is 19.4. The zero-order valence-corrected chi connectivity index (χ0v) is 18.0. The quantitative estimate of drug-likeness (QED) is 0.438. The number of anilines is 2. The molecule has 0 bridgehead atoms. The molecule has 9 heteroatoms. The molecule has 0 aliphatic heterocycles. The van der Waals surface area contributed by atoms with E-state index in [4.69, 9.17) is 5.73 Å². The SMILES string of the molecule is CCc1cccc2cc([C@H](C)Nc3nc(N)ncc3C(F)(F)F)n(-c3ccccc3)c(=O)c12. The van der Waals surface area contributed by atoms with Crippen LogP contribution in [0.15, 0.2) is 65.6 Å². The summed E-state index contributed by atoms with van der Waals surface area (Å²) >= 11 is 0. The number of nitrogens with two attached hydrogens (primary N) is 1. The summed E-state index contributed by atoms with van der Waals surface area (Å²) in [6.07, 6.45) is -3.35. The molecule has 170 valence electrons. The minimum atomic E-state index is -4.67. The molecule has 6 nitrogen and oxygen atoms in total. The van der Waals surface area contributed by atoms with Gasteiger partial charge in [-0.05, 0) is 42.5 Å². The Bertz CT molecular complexity index is 1370. The van der Waals surface area contributed by atoms with Crippen LogP contribution in [-0.4, -0.2) is 14.5 Å². The van der Waals surface area contributed by atoms with Crippen molar-refractivity contribution in [1.82, 2.24) is 14.5 Å². The fraction of sp³-hybridized carbons (Fsp3) is 0.208. The van der Waals surface area contributed by atoms with Crippen molar-refractivity contribution >= 4 is 22.5 Å². The number of nitrogen functional groups attached to an aromatic ring is 1. The number of aromatic nitrogens is 3. The Hall–Kier alpha value is -3.88. The number of alkyl halides is 3. The topological polar surface area (TPSA) is 85.8 Å². The van der Waals surface area contributed by atoms with Gasteiger partial charge in [0.25, 0.3) is 5.56 Å². The van der Waals surface area contributed by atoms with Crippen LogP contribution < -0.4 is 16.6 Å². The lowest BCUT2D eigenvalue weighted by Crippen LogP contribution is -2.27. The van der Waals surface area contributed by atoms with E-state index in [0.717, 1.165) is 5.56 Å². The van der Waals surface area contributed by atoms with E-state index >= 15 is 0 Å². The third-order valence-electron chi connectivity index (χ3n) is 5.47. The monoisotopic (exact) mass is 453 g/mol. The summed E-state index contributed by atoms with van der Waals surface area (Å²) in [5.74, 6) is -0.735. The van der Waals surface area contributed by atoms with Crippen molar-refractivity contribution in [3.8, 4) is 5.69 Å². The number of fused-ring (bicyclic) bond motifs is 1. The van der Waals surface area contributed by atoms with Gasteiger partial charge in [0.15, 0.2) is 0 Å². The van der Waals surface area contributed by atoms with Crippen molar-refractivity contribution < 1.29 is 13.2 Å². The molecule has 2 aromatic heterocycles. The molecule has 1 atom stereocenters. The van der Waals surface area contributed by atoms with Gasteiger partial charge in [0.05, 0.1) is 11.4 Å².